The van der Waals surface area contributed by atoms with Crippen LogP contribution in [0.4, 0.5) is 0 Å². The number of fused-ring (bicyclic) bond motifs is 2. The van der Waals surface area contributed by atoms with Gasteiger partial charge in [-0.3, -0.25) is 0 Å². The largest absolute Gasteiger partial charge is 0.0877 e. The highest BCUT2D eigenvalue weighted by molar-refractivity contribution is 8.05. The highest BCUT2D eigenvalue weighted by atomic mass is 32.2. The van der Waals surface area contributed by atoms with Crippen LogP contribution in [0.5, 0.6) is 0 Å². The highest BCUT2D eigenvalue weighted by Crippen LogP contribution is 2.49. The molecule has 2 heteroatoms. The Balaban J connectivity index is 1.73. The molecule has 0 spiro atoms. The summed E-state index contributed by atoms with van der Waals surface area (Å²) >= 11 is 3.79. The lowest BCUT2D eigenvalue weighted by Crippen LogP contribution is -1.96. The Morgan fingerprint density at radius 2 is 1.24 bits per heavy atom. The third-order valence-corrected chi connectivity index (χ3v) is 6.24. The highest BCUT2D eigenvalue weighted by Gasteiger charge is 2.19. The molecule has 0 aliphatic carbocycles. The van der Waals surface area contributed by atoms with Gasteiger partial charge in [0, 0.05) is 19.6 Å². The van der Waals surface area contributed by atoms with E-state index < -0.39 is 0 Å². The van der Waals surface area contributed by atoms with Gasteiger partial charge in [-0.25, -0.2) is 0 Å². The second-order valence-electron chi connectivity index (χ2n) is 5.06. The van der Waals surface area contributed by atoms with Crippen molar-refractivity contribution >= 4 is 23.5 Å². The van der Waals surface area contributed by atoms with E-state index in [-0.39, 0.29) is 0 Å². The van der Waals surface area contributed by atoms with Gasteiger partial charge in [-0.15, -0.1) is 0 Å². The predicted octanol–water partition coefficient (Wildman–Crippen LogP) is 5.89. The van der Waals surface area contributed by atoms with E-state index in [9.17, 15) is 0 Å². The fraction of sp³-hybridized carbons (Fsp3) is 0.0526. The Bertz CT molecular complexity index is 779. The molecule has 4 rings (SSSR count). The molecule has 21 heavy (non-hydrogen) atoms. The quantitative estimate of drug-likeness (QED) is 0.452. The molecule has 102 valence electrons. The number of rotatable bonds is 2. The van der Waals surface area contributed by atoms with Gasteiger partial charge in [-0.2, -0.15) is 0 Å². The van der Waals surface area contributed by atoms with Gasteiger partial charge in [-0.1, -0.05) is 78.1 Å². The first-order valence-corrected chi connectivity index (χ1v) is 8.64. The van der Waals surface area contributed by atoms with Crippen LogP contribution < -0.4 is 0 Å². The van der Waals surface area contributed by atoms with E-state index in [4.69, 9.17) is 0 Å². The van der Waals surface area contributed by atoms with Gasteiger partial charge < -0.3 is 0 Å². The fourth-order valence-corrected chi connectivity index (χ4v) is 4.96. The summed E-state index contributed by atoms with van der Waals surface area (Å²) in [6.07, 6.45) is 1.000. The van der Waals surface area contributed by atoms with Crippen molar-refractivity contribution in [1.82, 2.24) is 0 Å². The molecule has 1 aliphatic heterocycles. The summed E-state index contributed by atoms with van der Waals surface area (Å²) in [7, 11) is 0. The molecule has 0 saturated heterocycles. The zero-order valence-electron chi connectivity index (χ0n) is 11.5. The molecule has 0 nitrogen and oxygen atoms in total. The van der Waals surface area contributed by atoms with Crippen LogP contribution in [-0.2, 0) is 6.42 Å². The number of benzene rings is 3. The minimum absolute atomic E-state index is 1.000. The Morgan fingerprint density at radius 1 is 0.571 bits per heavy atom. The Hall–Kier alpha value is -1.64. The molecular weight excluding hydrogens is 292 g/mol. The minimum Gasteiger partial charge on any atom is -0.0877 e. The van der Waals surface area contributed by atoms with E-state index in [0.717, 1.165) is 6.42 Å². The third-order valence-electron chi connectivity index (χ3n) is 3.58. The van der Waals surface area contributed by atoms with Crippen LogP contribution in [0.2, 0.25) is 0 Å². The van der Waals surface area contributed by atoms with Crippen molar-refractivity contribution in [3.05, 3.63) is 83.9 Å². The number of hydrogen-bond acceptors (Lipinski definition) is 2. The van der Waals surface area contributed by atoms with Crippen molar-refractivity contribution in [2.24, 2.45) is 0 Å². The molecular formula is C19H14S2. The first-order valence-electron chi connectivity index (χ1n) is 7.01. The van der Waals surface area contributed by atoms with Crippen LogP contribution in [0.1, 0.15) is 11.1 Å². The summed E-state index contributed by atoms with van der Waals surface area (Å²) < 4.78 is 0. The lowest BCUT2D eigenvalue weighted by molar-refractivity contribution is 1.05. The summed E-state index contributed by atoms with van der Waals surface area (Å²) in [4.78, 5) is 5.54. The van der Waals surface area contributed by atoms with E-state index in [2.05, 4.69) is 72.8 Å². The van der Waals surface area contributed by atoms with E-state index in [1.54, 1.807) is 0 Å². The van der Waals surface area contributed by atoms with Gasteiger partial charge in [0.25, 0.3) is 0 Å². The SMILES string of the molecule is c1ccc(Cc2cccc3c2Sc2ccccc2S3)cc1. The molecule has 0 unspecified atom stereocenters. The van der Waals surface area contributed by atoms with Crippen molar-refractivity contribution in [2.45, 2.75) is 26.0 Å². The van der Waals surface area contributed by atoms with Crippen molar-refractivity contribution in [3.8, 4) is 0 Å². The zero-order chi connectivity index (χ0) is 14.1. The van der Waals surface area contributed by atoms with Crippen molar-refractivity contribution in [3.63, 3.8) is 0 Å². The van der Waals surface area contributed by atoms with Crippen LogP contribution in [0, 0.1) is 0 Å². The molecule has 0 saturated carbocycles. The summed E-state index contributed by atoms with van der Waals surface area (Å²) in [6.45, 7) is 0. The van der Waals surface area contributed by atoms with Gasteiger partial charge in [0.2, 0.25) is 0 Å². The molecule has 3 aromatic rings. The monoisotopic (exact) mass is 306 g/mol. The second kappa shape index (κ2) is 5.63. The smallest absolute Gasteiger partial charge is 0.0297 e. The van der Waals surface area contributed by atoms with Crippen LogP contribution in [0.15, 0.2) is 92.4 Å². The summed E-state index contributed by atoms with van der Waals surface area (Å²) in [5.74, 6) is 0. The average molecular weight is 306 g/mol. The van der Waals surface area contributed by atoms with Gasteiger partial charge in [0.05, 0.1) is 0 Å². The van der Waals surface area contributed by atoms with Crippen LogP contribution in [0.3, 0.4) is 0 Å². The molecule has 3 aromatic carbocycles. The molecule has 0 bridgehead atoms. The molecule has 0 fully saturated rings. The topological polar surface area (TPSA) is 0 Å². The zero-order valence-corrected chi connectivity index (χ0v) is 13.1. The molecule has 0 amide bonds. The van der Waals surface area contributed by atoms with Crippen molar-refractivity contribution in [1.29, 1.82) is 0 Å². The minimum atomic E-state index is 1.000. The van der Waals surface area contributed by atoms with E-state index >= 15 is 0 Å². The van der Waals surface area contributed by atoms with E-state index in [0.29, 0.717) is 0 Å². The van der Waals surface area contributed by atoms with Gasteiger partial charge in [0.1, 0.15) is 0 Å². The van der Waals surface area contributed by atoms with Gasteiger partial charge >= 0.3 is 0 Å². The van der Waals surface area contributed by atoms with Gasteiger partial charge in [-0.05, 0) is 35.7 Å². The third kappa shape index (κ3) is 2.61. The lowest BCUT2D eigenvalue weighted by atomic mass is 10.1. The van der Waals surface area contributed by atoms with Crippen LogP contribution >= 0.6 is 23.5 Å². The molecule has 1 aliphatic rings. The fourth-order valence-electron chi connectivity index (χ4n) is 2.56. The first-order chi connectivity index (χ1) is 10.4. The van der Waals surface area contributed by atoms with Crippen LogP contribution in [0.25, 0.3) is 0 Å². The average Bonchev–Trinajstić information content (AvgIpc) is 2.54. The Morgan fingerprint density at radius 3 is 2.05 bits per heavy atom. The maximum absolute atomic E-state index is 2.26. The predicted molar refractivity (Wildman–Crippen MR) is 90.4 cm³/mol. The molecule has 0 atom stereocenters. The van der Waals surface area contributed by atoms with Gasteiger partial charge in [0.15, 0.2) is 0 Å². The Labute approximate surface area is 133 Å². The summed E-state index contributed by atoms with van der Waals surface area (Å²) in [5, 5.41) is 0. The molecule has 0 N–H and O–H groups in total. The molecule has 0 radical (unpaired) electrons. The molecule has 0 aromatic heterocycles. The van der Waals surface area contributed by atoms with E-state index in [1.165, 1.54) is 30.7 Å². The number of hydrogen-bond donors (Lipinski definition) is 0. The van der Waals surface area contributed by atoms with Crippen LogP contribution in [-0.4, -0.2) is 0 Å². The summed E-state index contributed by atoms with van der Waals surface area (Å²) in [6, 6.07) is 26.0. The van der Waals surface area contributed by atoms with E-state index in [1.807, 2.05) is 23.5 Å². The second-order valence-corrected chi connectivity index (χ2v) is 7.19. The maximum atomic E-state index is 2.26. The lowest BCUT2D eigenvalue weighted by Gasteiger charge is -2.20. The molecule has 1 heterocycles. The van der Waals surface area contributed by atoms with Crippen molar-refractivity contribution < 1.29 is 0 Å². The normalized spacial score (nSPS) is 12.6. The Kier molecular flexibility index (Phi) is 3.50. The standard InChI is InChI=1S/C19H14S2/c1-2-7-14(8-3-1)13-15-9-6-12-18-19(15)21-17-11-5-4-10-16(17)20-18/h1-12H,13H2. The first kappa shape index (κ1) is 13.1. The van der Waals surface area contributed by atoms with Crippen molar-refractivity contribution in [2.75, 3.05) is 0 Å². The maximum Gasteiger partial charge on any atom is 0.0297 e. The summed E-state index contributed by atoms with van der Waals surface area (Å²) in [5.41, 5.74) is 2.79.